The Kier molecular flexibility index (Phi) is 6.96. The summed E-state index contributed by atoms with van der Waals surface area (Å²) < 4.78 is 5.43. The molecule has 0 saturated carbocycles. The van der Waals surface area contributed by atoms with Crippen LogP contribution in [0.5, 0.6) is 5.75 Å². The Morgan fingerprint density at radius 1 is 1.38 bits per heavy atom. The molecule has 4 nitrogen and oxygen atoms in total. The normalized spacial score (nSPS) is 12.0. The number of carbonyl (C=O) groups is 1. The molecule has 0 fully saturated rings. The van der Waals surface area contributed by atoms with Crippen LogP contribution in [0, 0.1) is 11.8 Å². The van der Waals surface area contributed by atoms with Gasteiger partial charge in [-0.05, 0) is 23.6 Å². The van der Waals surface area contributed by atoms with Crippen molar-refractivity contribution in [1.82, 2.24) is 4.90 Å². The van der Waals surface area contributed by atoms with Crippen LogP contribution in [0.3, 0.4) is 0 Å². The van der Waals surface area contributed by atoms with E-state index in [1.807, 2.05) is 45.2 Å². The Hall–Kier alpha value is -1.81. The van der Waals surface area contributed by atoms with Gasteiger partial charge in [0.1, 0.15) is 12.4 Å². The Morgan fingerprint density at radius 3 is 2.48 bits per heavy atom. The maximum atomic E-state index is 12.3. The standard InChI is InChI=1S/C17H26N2O2/c1-5-10-21-15-8-6-14(7-9-15)12-19(4)17(20)16(11-18)13(2)3/h5-9,13,16H,1,10-12,18H2,2-4H3. The van der Waals surface area contributed by atoms with Gasteiger partial charge in [0.25, 0.3) is 0 Å². The molecule has 21 heavy (non-hydrogen) atoms. The van der Waals surface area contributed by atoms with Crippen molar-refractivity contribution >= 4 is 5.91 Å². The van der Waals surface area contributed by atoms with Crippen LogP contribution in [-0.4, -0.2) is 31.0 Å². The number of nitrogens with zero attached hydrogens (tertiary/aromatic N) is 1. The summed E-state index contributed by atoms with van der Waals surface area (Å²) in [5.41, 5.74) is 6.77. The molecular weight excluding hydrogens is 264 g/mol. The molecule has 2 N–H and O–H groups in total. The first-order chi connectivity index (χ1) is 9.99. The van der Waals surface area contributed by atoms with E-state index in [9.17, 15) is 4.79 Å². The molecule has 0 radical (unpaired) electrons. The first-order valence-corrected chi connectivity index (χ1v) is 7.27. The molecule has 1 rings (SSSR count). The third-order valence-corrected chi connectivity index (χ3v) is 3.46. The van der Waals surface area contributed by atoms with Crippen LogP contribution in [0.25, 0.3) is 0 Å². The van der Waals surface area contributed by atoms with Gasteiger partial charge in [-0.2, -0.15) is 0 Å². The van der Waals surface area contributed by atoms with Crippen LogP contribution in [0.4, 0.5) is 0 Å². The van der Waals surface area contributed by atoms with Gasteiger partial charge in [-0.3, -0.25) is 4.79 Å². The molecule has 0 saturated heterocycles. The minimum Gasteiger partial charge on any atom is -0.490 e. The Balaban J connectivity index is 2.63. The van der Waals surface area contributed by atoms with E-state index < -0.39 is 0 Å². The second-order valence-corrected chi connectivity index (χ2v) is 5.52. The summed E-state index contributed by atoms with van der Waals surface area (Å²) in [5.74, 6) is 1.03. The number of rotatable bonds is 8. The average molecular weight is 290 g/mol. The molecular formula is C17H26N2O2. The zero-order valence-electron chi connectivity index (χ0n) is 13.2. The summed E-state index contributed by atoms with van der Waals surface area (Å²) in [6.45, 7) is 9.10. The van der Waals surface area contributed by atoms with Gasteiger partial charge in [0, 0.05) is 20.1 Å². The van der Waals surface area contributed by atoms with Crippen LogP contribution in [0.15, 0.2) is 36.9 Å². The Morgan fingerprint density at radius 2 is 2.00 bits per heavy atom. The van der Waals surface area contributed by atoms with Crippen molar-refractivity contribution in [3.05, 3.63) is 42.5 Å². The quantitative estimate of drug-likeness (QED) is 0.748. The molecule has 0 aliphatic heterocycles. The highest BCUT2D eigenvalue weighted by Gasteiger charge is 2.23. The molecule has 1 atom stereocenters. The lowest BCUT2D eigenvalue weighted by Crippen LogP contribution is -2.38. The lowest BCUT2D eigenvalue weighted by molar-refractivity contribution is -0.135. The molecule has 0 bridgehead atoms. The predicted molar refractivity (Wildman–Crippen MR) is 86.0 cm³/mol. The summed E-state index contributed by atoms with van der Waals surface area (Å²) in [5, 5.41) is 0. The van der Waals surface area contributed by atoms with E-state index in [4.69, 9.17) is 10.5 Å². The molecule has 4 heteroatoms. The lowest BCUT2D eigenvalue weighted by atomic mass is 9.94. The molecule has 0 spiro atoms. The third kappa shape index (κ3) is 5.23. The van der Waals surface area contributed by atoms with E-state index in [0.717, 1.165) is 11.3 Å². The topological polar surface area (TPSA) is 55.6 Å². The fraction of sp³-hybridized carbons (Fsp3) is 0.471. The van der Waals surface area contributed by atoms with Gasteiger partial charge in [0.15, 0.2) is 0 Å². The molecule has 0 aromatic heterocycles. The first-order valence-electron chi connectivity index (χ1n) is 7.27. The van der Waals surface area contributed by atoms with Gasteiger partial charge < -0.3 is 15.4 Å². The van der Waals surface area contributed by atoms with E-state index >= 15 is 0 Å². The van der Waals surface area contributed by atoms with Crippen LogP contribution in [0.1, 0.15) is 19.4 Å². The van der Waals surface area contributed by atoms with Gasteiger partial charge >= 0.3 is 0 Å². The van der Waals surface area contributed by atoms with Gasteiger partial charge in [-0.1, -0.05) is 38.6 Å². The zero-order valence-corrected chi connectivity index (χ0v) is 13.2. The first kappa shape index (κ1) is 17.2. The smallest absolute Gasteiger partial charge is 0.227 e. The molecule has 0 aliphatic carbocycles. The SMILES string of the molecule is C=CCOc1ccc(CN(C)C(=O)C(CN)C(C)C)cc1. The number of amides is 1. The van der Waals surface area contributed by atoms with Crippen molar-refractivity contribution in [2.24, 2.45) is 17.6 Å². The van der Waals surface area contributed by atoms with Crippen molar-refractivity contribution < 1.29 is 9.53 Å². The van der Waals surface area contributed by atoms with Crippen molar-refractivity contribution in [3.8, 4) is 5.75 Å². The second-order valence-electron chi connectivity index (χ2n) is 5.52. The third-order valence-electron chi connectivity index (χ3n) is 3.46. The van der Waals surface area contributed by atoms with Gasteiger partial charge in [-0.15, -0.1) is 0 Å². The highest BCUT2D eigenvalue weighted by molar-refractivity contribution is 5.79. The maximum Gasteiger partial charge on any atom is 0.227 e. The number of nitrogens with two attached hydrogens (primary N) is 1. The fourth-order valence-electron chi connectivity index (χ4n) is 2.14. The summed E-state index contributed by atoms with van der Waals surface area (Å²) in [6, 6.07) is 7.74. The van der Waals surface area contributed by atoms with Crippen LogP contribution >= 0.6 is 0 Å². The van der Waals surface area contributed by atoms with E-state index in [0.29, 0.717) is 19.7 Å². The van der Waals surface area contributed by atoms with Gasteiger partial charge in [0.2, 0.25) is 5.91 Å². The molecule has 1 unspecified atom stereocenters. The summed E-state index contributed by atoms with van der Waals surface area (Å²) >= 11 is 0. The molecule has 0 aliphatic rings. The minimum atomic E-state index is -0.120. The molecule has 0 heterocycles. The lowest BCUT2D eigenvalue weighted by Gasteiger charge is -2.25. The predicted octanol–water partition coefficient (Wildman–Crippen LogP) is 2.44. The van der Waals surface area contributed by atoms with Crippen LogP contribution in [-0.2, 0) is 11.3 Å². The summed E-state index contributed by atoms with van der Waals surface area (Å²) in [7, 11) is 1.81. The minimum absolute atomic E-state index is 0.0967. The number of hydrogen-bond acceptors (Lipinski definition) is 3. The second kappa shape index (κ2) is 8.47. The molecule has 1 amide bonds. The molecule has 1 aromatic rings. The summed E-state index contributed by atoms with van der Waals surface area (Å²) in [4.78, 5) is 14.1. The largest absolute Gasteiger partial charge is 0.490 e. The van der Waals surface area contributed by atoms with Crippen molar-refractivity contribution in [3.63, 3.8) is 0 Å². The number of ether oxygens (including phenoxy) is 1. The van der Waals surface area contributed by atoms with Crippen LogP contribution < -0.4 is 10.5 Å². The number of benzene rings is 1. The highest BCUT2D eigenvalue weighted by Crippen LogP contribution is 2.16. The number of hydrogen-bond donors (Lipinski definition) is 1. The van der Waals surface area contributed by atoms with Crippen LogP contribution in [0.2, 0.25) is 0 Å². The molecule has 1 aromatic carbocycles. The zero-order chi connectivity index (χ0) is 15.8. The van der Waals surface area contributed by atoms with Gasteiger partial charge in [-0.25, -0.2) is 0 Å². The Bertz CT molecular complexity index is 454. The van der Waals surface area contributed by atoms with E-state index in [1.54, 1.807) is 11.0 Å². The average Bonchev–Trinajstić information content (AvgIpc) is 2.46. The highest BCUT2D eigenvalue weighted by atomic mass is 16.5. The Labute approximate surface area is 127 Å². The fourth-order valence-corrected chi connectivity index (χ4v) is 2.14. The monoisotopic (exact) mass is 290 g/mol. The van der Waals surface area contributed by atoms with Crippen molar-refractivity contribution in [1.29, 1.82) is 0 Å². The van der Waals surface area contributed by atoms with E-state index in [2.05, 4.69) is 6.58 Å². The van der Waals surface area contributed by atoms with Crippen molar-refractivity contribution in [2.45, 2.75) is 20.4 Å². The van der Waals surface area contributed by atoms with Gasteiger partial charge in [0.05, 0.1) is 5.92 Å². The summed E-state index contributed by atoms with van der Waals surface area (Å²) in [6.07, 6.45) is 1.71. The van der Waals surface area contributed by atoms with E-state index in [1.165, 1.54) is 0 Å². The molecule has 116 valence electrons. The maximum absolute atomic E-state index is 12.3. The number of carbonyl (C=O) groups excluding carboxylic acids is 1. The van der Waals surface area contributed by atoms with Crippen molar-refractivity contribution in [2.75, 3.05) is 20.2 Å². The van der Waals surface area contributed by atoms with E-state index in [-0.39, 0.29) is 17.7 Å².